The number of nitrogens with zero attached hydrogens (tertiary/aromatic N) is 1. The Balaban J connectivity index is 1.33. The molecule has 3 aliphatic rings. The highest BCUT2D eigenvalue weighted by atomic mass is 16.3. The van der Waals surface area contributed by atoms with E-state index in [0.29, 0.717) is 17.7 Å². The van der Waals surface area contributed by atoms with Gasteiger partial charge in [0, 0.05) is 24.7 Å². The molecule has 3 atom stereocenters. The Labute approximate surface area is 152 Å². The number of hydrogen-bond acceptors (Lipinski definition) is 3. The van der Waals surface area contributed by atoms with Crippen molar-refractivity contribution in [1.29, 1.82) is 0 Å². The largest absolute Gasteiger partial charge is 0.508 e. The minimum atomic E-state index is 0.406. The predicted octanol–water partition coefficient (Wildman–Crippen LogP) is 4.40. The van der Waals surface area contributed by atoms with Crippen molar-refractivity contribution >= 4 is 0 Å². The molecule has 0 radical (unpaired) electrons. The molecule has 1 saturated carbocycles. The van der Waals surface area contributed by atoms with Gasteiger partial charge in [-0.2, -0.15) is 0 Å². The van der Waals surface area contributed by atoms with Gasteiger partial charge in [-0.1, -0.05) is 31.4 Å². The summed E-state index contributed by atoms with van der Waals surface area (Å²) in [5.41, 5.74) is 7.89. The number of aromatic hydroxyl groups is 1. The lowest BCUT2D eigenvalue weighted by atomic mass is 9.82. The van der Waals surface area contributed by atoms with Gasteiger partial charge in [0.05, 0.1) is 0 Å². The number of phenols is 1. The van der Waals surface area contributed by atoms with Crippen LogP contribution < -0.4 is 5.73 Å². The molecular weight excluding hydrogens is 308 g/mol. The number of phenolic OH excluding ortho intramolecular Hbond substituents is 1. The highest BCUT2D eigenvalue weighted by Gasteiger charge is 2.41. The van der Waals surface area contributed by atoms with Crippen LogP contribution in [-0.2, 0) is 0 Å². The van der Waals surface area contributed by atoms with Crippen LogP contribution in [0.15, 0.2) is 24.3 Å². The van der Waals surface area contributed by atoms with Gasteiger partial charge in [-0.3, -0.25) is 4.90 Å². The van der Waals surface area contributed by atoms with Gasteiger partial charge < -0.3 is 10.8 Å². The molecule has 3 unspecified atom stereocenters. The number of benzene rings is 1. The molecule has 2 aliphatic heterocycles. The molecule has 3 nitrogen and oxygen atoms in total. The smallest absolute Gasteiger partial charge is 0.115 e. The molecule has 2 heterocycles. The number of nitrogens with two attached hydrogens (primary N) is 1. The second-order valence-electron chi connectivity index (χ2n) is 8.74. The summed E-state index contributed by atoms with van der Waals surface area (Å²) in [6, 6.07) is 9.79. The van der Waals surface area contributed by atoms with E-state index < -0.39 is 0 Å². The van der Waals surface area contributed by atoms with Gasteiger partial charge in [0.2, 0.25) is 0 Å². The normalized spacial score (nSPS) is 32.0. The van der Waals surface area contributed by atoms with E-state index in [0.717, 1.165) is 18.0 Å². The molecule has 4 rings (SSSR count). The second-order valence-corrected chi connectivity index (χ2v) is 8.74. The van der Waals surface area contributed by atoms with Crippen LogP contribution in [0, 0.1) is 5.92 Å². The molecule has 0 aromatic heterocycles. The van der Waals surface area contributed by atoms with Gasteiger partial charge in [0.15, 0.2) is 0 Å². The van der Waals surface area contributed by atoms with E-state index in [-0.39, 0.29) is 0 Å². The maximum Gasteiger partial charge on any atom is 0.115 e. The van der Waals surface area contributed by atoms with Crippen LogP contribution >= 0.6 is 0 Å². The van der Waals surface area contributed by atoms with Gasteiger partial charge >= 0.3 is 0 Å². The van der Waals surface area contributed by atoms with Crippen LogP contribution in [-0.4, -0.2) is 34.7 Å². The highest BCUT2D eigenvalue weighted by Crippen LogP contribution is 2.43. The van der Waals surface area contributed by atoms with E-state index in [2.05, 4.69) is 11.0 Å². The number of hydrogen-bond donors (Lipinski definition) is 2. The quantitative estimate of drug-likeness (QED) is 0.834. The SMILES string of the molecule is NC(CCN1C2CCC1CC(c1cccc(O)c1)C2)C1CCCCC1. The van der Waals surface area contributed by atoms with Crippen molar-refractivity contribution in [2.75, 3.05) is 6.54 Å². The Bertz CT molecular complexity index is 555. The van der Waals surface area contributed by atoms with E-state index in [4.69, 9.17) is 5.73 Å². The van der Waals surface area contributed by atoms with Crippen LogP contribution in [0.3, 0.4) is 0 Å². The molecule has 0 amide bonds. The van der Waals surface area contributed by atoms with Crippen molar-refractivity contribution in [2.45, 2.75) is 88.3 Å². The fourth-order valence-electron chi connectivity index (χ4n) is 5.79. The fraction of sp³-hybridized carbons (Fsp3) is 0.727. The van der Waals surface area contributed by atoms with Gasteiger partial charge in [-0.25, -0.2) is 0 Å². The van der Waals surface area contributed by atoms with Crippen LogP contribution in [0.1, 0.15) is 75.7 Å². The van der Waals surface area contributed by atoms with Crippen molar-refractivity contribution in [2.24, 2.45) is 11.7 Å². The molecule has 1 aromatic rings. The summed E-state index contributed by atoms with van der Waals surface area (Å²) in [4.78, 5) is 2.78. The summed E-state index contributed by atoms with van der Waals surface area (Å²) in [7, 11) is 0. The number of rotatable bonds is 5. The molecule has 3 heteroatoms. The van der Waals surface area contributed by atoms with Crippen LogP contribution in [0.5, 0.6) is 5.75 Å². The first-order valence-corrected chi connectivity index (χ1v) is 10.5. The first-order chi connectivity index (χ1) is 12.2. The Morgan fingerprint density at radius 3 is 2.44 bits per heavy atom. The van der Waals surface area contributed by atoms with Gasteiger partial charge in [-0.05, 0) is 74.5 Å². The molecule has 0 spiro atoms. The van der Waals surface area contributed by atoms with E-state index in [9.17, 15) is 5.11 Å². The average molecular weight is 343 g/mol. The van der Waals surface area contributed by atoms with Crippen LogP contribution in [0.25, 0.3) is 0 Å². The molecule has 2 saturated heterocycles. The van der Waals surface area contributed by atoms with Gasteiger partial charge in [-0.15, -0.1) is 0 Å². The summed E-state index contributed by atoms with van der Waals surface area (Å²) >= 11 is 0. The summed E-state index contributed by atoms with van der Waals surface area (Å²) in [5.74, 6) is 1.80. The predicted molar refractivity (Wildman–Crippen MR) is 103 cm³/mol. The zero-order chi connectivity index (χ0) is 17.2. The second kappa shape index (κ2) is 7.67. The summed E-state index contributed by atoms with van der Waals surface area (Å²) in [5, 5.41) is 9.79. The van der Waals surface area contributed by atoms with Crippen molar-refractivity contribution in [1.82, 2.24) is 4.90 Å². The lowest BCUT2D eigenvalue weighted by Gasteiger charge is -2.40. The molecule has 2 bridgehead atoms. The van der Waals surface area contributed by atoms with Crippen LogP contribution in [0.2, 0.25) is 0 Å². The Hall–Kier alpha value is -1.06. The van der Waals surface area contributed by atoms with E-state index >= 15 is 0 Å². The molecule has 25 heavy (non-hydrogen) atoms. The minimum absolute atomic E-state index is 0.406. The third-order valence-electron chi connectivity index (χ3n) is 7.20. The summed E-state index contributed by atoms with van der Waals surface area (Å²) in [6.07, 6.45) is 13.3. The van der Waals surface area contributed by atoms with Gasteiger partial charge in [0.1, 0.15) is 5.75 Å². The molecule has 1 aliphatic carbocycles. The topological polar surface area (TPSA) is 49.5 Å². The molecule has 3 fully saturated rings. The lowest BCUT2D eigenvalue weighted by Crippen LogP contribution is -2.45. The molecule has 3 N–H and O–H groups in total. The average Bonchev–Trinajstić information content (AvgIpc) is 2.87. The van der Waals surface area contributed by atoms with E-state index in [1.807, 2.05) is 12.1 Å². The van der Waals surface area contributed by atoms with E-state index in [1.54, 1.807) is 6.07 Å². The third-order valence-corrected chi connectivity index (χ3v) is 7.20. The first kappa shape index (κ1) is 17.4. The Morgan fingerprint density at radius 2 is 1.76 bits per heavy atom. The first-order valence-electron chi connectivity index (χ1n) is 10.5. The van der Waals surface area contributed by atoms with E-state index in [1.165, 1.54) is 76.3 Å². The molecule has 1 aromatic carbocycles. The summed E-state index contributed by atoms with van der Waals surface area (Å²) in [6.45, 7) is 1.19. The maximum absolute atomic E-state index is 9.79. The molecular formula is C22H34N2O. The minimum Gasteiger partial charge on any atom is -0.508 e. The van der Waals surface area contributed by atoms with Crippen molar-refractivity contribution < 1.29 is 5.11 Å². The number of fused-ring (bicyclic) bond motifs is 2. The monoisotopic (exact) mass is 342 g/mol. The third kappa shape index (κ3) is 3.88. The standard InChI is InChI=1S/C22H34N2O/c23-22(16-5-2-1-3-6-16)11-12-24-19-9-10-20(24)14-18(13-19)17-7-4-8-21(25)15-17/h4,7-8,15-16,18-20,22,25H,1-3,5-6,9-14,23H2. The van der Waals surface area contributed by atoms with Crippen molar-refractivity contribution in [3.63, 3.8) is 0 Å². The van der Waals surface area contributed by atoms with Crippen molar-refractivity contribution in [3.8, 4) is 5.75 Å². The van der Waals surface area contributed by atoms with Crippen LogP contribution in [0.4, 0.5) is 0 Å². The summed E-state index contributed by atoms with van der Waals surface area (Å²) < 4.78 is 0. The Kier molecular flexibility index (Phi) is 5.33. The zero-order valence-corrected chi connectivity index (χ0v) is 15.4. The van der Waals surface area contributed by atoms with Crippen molar-refractivity contribution in [3.05, 3.63) is 29.8 Å². The van der Waals surface area contributed by atoms with Gasteiger partial charge in [0.25, 0.3) is 0 Å². The highest BCUT2D eigenvalue weighted by molar-refractivity contribution is 5.30. The maximum atomic E-state index is 9.79. The number of piperidine rings is 1. The zero-order valence-electron chi connectivity index (χ0n) is 15.4. The fourth-order valence-corrected chi connectivity index (χ4v) is 5.79. The molecule has 138 valence electrons. The Morgan fingerprint density at radius 1 is 1.04 bits per heavy atom. The lowest BCUT2D eigenvalue weighted by molar-refractivity contribution is 0.117.